The Morgan fingerprint density at radius 3 is 2.60 bits per heavy atom. The van der Waals surface area contributed by atoms with Crippen LogP contribution in [0.5, 0.6) is 11.5 Å². The molecule has 8 heteroatoms. The molecule has 0 aliphatic carbocycles. The molecule has 156 valence electrons. The molecule has 1 N–H and O–H groups in total. The van der Waals surface area contributed by atoms with E-state index in [4.69, 9.17) is 21.7 Å². The maximum atomic E-state index is 12.9. The van der Waals surface area contributed by atoms with Crippen LogP contribution >= 0.6 is 24.0 Å². The van der Waals surface area contributed by atoms with Gasteiger partial charge < -0.3 is 9.47 Å². The Bertz CT molecular complexity index is 989. The topological polar surface area (TPSA) is 67.9 Å². The second-order valence-corrected chi connectivity index (χ2v) is 8.24. The average molecular weight is 443 g/mol. The number of thiocarbonyl (C=S) groups is 1. The highest BCUT2D eigenvalue weighted by atomic mass is 32.2. The van der Waals surface area contributed by atoms with E-state index < -0.39 is 5.91 Å². The summed E-state index contributed by atoms with van der Waals surface area (Å²) in [6.45, 7) is 4.04. The van der Waals surface area contributed by atoms with Crippen molar-refractivity contribution in [1.82, 2.24) is 10.4 Å². The number of para-hydroxylation sites is 1. The van der Waals surface area contributed by atoms with Gasteiger partial charge in [0.1, 0.15) is 11.5 Å². The van der Waals surface area contributed by atoms with Gasteiger partial charge in [0.2, 0.25) is 0 Å². The van der Waals surface area contributed by atoms with Gasteiger partial charge in [-0.3, -0.25) is 15.0 Å². The zero-order chi connectivity index (χ0) is 21.7. The van der Waals surface area contributed by atoms with Crippen LogP contribution in [0.4, 0.5) is 0 Å². The van der Waals surface area contributed by atoms with E-state index in [-0.39, 0.29) is 16.3 Å². The van der Waals surface area contributed by atoms with Crippen LogP contribution in [-0.4, -0.2) is 34.4 Å². The zero-order valence-corrected chi connectivity index (χ0v) is 18.5. The van der Waals surface area contributed by atoms with Crippen molar-refractivity contribution < 1.29 is 19.1 Å². The molecular weight excluding hydrogens is 420 g/mol. The van der Waals surface area contributed by atoms with Crippen molar-refractivity contribution in [3.05, 3.63) is 64.6 Å². The SMILES string of the molecule is CCC(C)Oc1ccccc1/C=C1\SC(=S)N(NC(=O)c2ccc(OC)cc2)C1=O. The van der Waals surface area contributed by atoms with Crippen LogP contribution in [0, 0.1) is 0 Å². The molecule has 1 unspecified atom stereocenters. The van der Waals surface area contributed by atoms with Crippen molar-refractivity contribution in [3.8, 4) is 11.5 Å². The number of rotatable bonds is 7. The van der Waals surface area contributed by atoms with Gasteiger partial charge in [0.05, 0.1) is 18.1 Å². The molecule has 0 saturated carbocycles. The summed E-state index contributed by atoms with van der Waals surface area (Å²) in [5.41, 5.74) is 3.74. The van der Waals surface area contributed by atoms with Crippen molar-refractivity contribution >= 4 is 46.2 Å². The fourth-order valence-corrected chi connectivity index (χ4v) is 3.79. The molecule has 6 nitrogen and oxygen atoms in total. The number of thioether (sulfide) groups is 1. The first-order valence-corrected chi connectivity index (χ1v) is 10.6. The molecule has 1 aliphatic rings. The molecule has 1 fully saturated rings. The first kappa shape index (κ1) is 21.9. The van der Waals surface area contributed by atoms with E-state index in [2.05, 4.69) is 5.43 Å². The third-order valence-electron chi connectivity index (χ3n) is 4.47. The summed E-state index contributed by atoms with van der Waals surface area (Å²) in [5, 5.41) is 1.09. The maximum absolute atomic E-state index is 12.9. The molecule has 1 saturated heterocycles. The summed E-state index contributed by atoms with van der Waals surface area (Å²) >= 11 is 6.43. The number of carbonyl (C=O) groups is 2. The lowest BCUT2D eigenvalue weighted by atomic mass is 10.1. The predicted octanol–water partition coefficient (Wildman–Crippen LogP) is 4.42. The second kappa shape index (κ2) is 9.77. The predicted molar refractivity (Wildman–Crippen MR) is 122 cm³/mol. The van der Waals surface area contributed by atoms with Crippen molar-refractivity contribution in [2.75, 3.05) is 7.11 Å². The summed E-state index contributed by atoms with van der Waals surface area (Å²) in [7, 11) is 1.55. The number of benzene rings is 2. The third-order valence-corrected chi connectivity index (χ3v) is 5.77. The fraction of sp³-hybridized carbons (Fsp3) is 0.227. The average Bonchev–Trinajstić information content (AvgIpc) is 3.02. The Balaban J connectivity index is 1.77. The Morgan fingerprint density at radius 1 is 1.23 bits per heavy atom. The number of nitrogens with zero attached hydrogens (tertiary/aromatic N) is 1. The van der Waals surface area contributed by atoms with Crippen molar-refractivity contribution in [2.24, 2.45) is 0 Å². The molecule has 1 aliphatic heterocycles. The number of ether oxygens (including phenoxy) is 2. The first-order valence-electron chi connectivity index (χ1n) is 9.41. The minimum Gasteiger partial charge on any atom is -0.497 e. The van der Waals surface area contributed by atoms with Crippen LogP contribution in [0.15, 0.2) is 53.4 Å². The number of hydrogen-bond donors (Lipinski definition) is 1. The molecule has 2 aromatic carbocycles. The van der Waals surface area contributed by atoms with E-state index in [0.717, 1.165) is 28.8 Å². The quantitative estimate of drug-likeness (QED) is 0.506. The summed E-state index contributed by atoms with van der Waals surface area (Å²) in [5.74, 6) is 0.513. The second-order valence-electron chi connectivity index (χ2n) is 6.56. The Kier molecular flexibility index (Phi) is 7.12. The highest BCUT2D eigenvalue weighted by molar-refractivity contribution is 8.26. The monoisotopic (exact) mass is 442 g/mol. The van der Waals surface area contributed by atoms with Crippen molar-refractivity contribution in [3.63, 3.8) is 0 Å². The van der Waals surface area contributed by atoms with Crippen LogP contribution in [0.3, 0.4) is 0 Å². The van der Waals surface area contributed by atoms with Gasteiger partial charge in [-0.25, -0.2) is 0 Å². The van der Waals surface area contributed by atoms with E-state index in [0.29, 0.717) is 22.0 Å². The summed E-state index contributed by atoms with van der Waals surface area (Å²) in [4.78, 5) is 25.8. The Morgan fingerprint density at radius 2 is 1.93 bits per heavy atom. The van der Waals surface area contributed by atoms with Crippen molar-refractivity contribution in [1.29, 1.82) is 0 Å². The third kappa shape index (κ3) is 5.01. The number of carbonyl (C=O) groups excluding carboxylic acids is 2. The number of hydrazine groups is 1. The van der Waals surface area contributed by atoms with Gasteiger partial charge in [-0.2, -0.15) is 5.01 Å². The molecule has 3 rings (SSSR count). The molecule has 0 radical (unpaired) electrons. The largest absolute Gasteiger partial charge is 0.497 e. The number of hydrogen-bond acceptors (Lipinski definition) is 6. The lowest BCUT2D eigenvalue weighted by Crippen LogP contribution is -2.44. The molecule has 1 atom stereocenters. The lowest BCUT2D eigenvalue weighted by Gasteiger charge is -2.16. The maximum Gasteiger partial charge on any atom is 0.285 e. The summed E-state index contributed by atoms with van der Waals surface area (Å²) < 4.78 is 11.3. The van der Waals surface area contributed by atoms with Gasteiger partial charge in [-0.05, 0) is 62.0 Å². The highest BCUT2D eigenvalue weighted by Gasteiger charge is 2.34. The standard InChI is InChI=1S/C22H22N2O4S2/c1-4-14(2)28-18-8-6-5-7-16(18)13-19-21(26)24(22(29)30-19)23-20(25)15-9-11-17(27-3)12-10-15/h5-14H,4H2,1-3H3,(H,23,25)/b19-13-. The smallest absolute Gasteiger partial charge is 0.285 e. The lowest BCUT2D eigenvalue weighted by molar-refractivity contribution is -0.123. The molecule has 2 aromatic rings. The summed E-state index contributed by atoms with van der Waals surface area (Å²) in [6, 6.07) is 14.1. The van der Waals surface area contributed by atoms with E-state index in [1.54, 1.807) is 37.5 Å². The van der Waals surface area contributed by atoms with Gasteiger partial charge in [-0.1, -0.05) is 36.9 Å². The van der Waals surface area contributed by atoms with E-state index >= 15 is 0 Å². The number of methoxy groups -OCH3 is 1. The summed E-state index contributed by atoms with van der Waals surface area (Å²) in [6.07, 6.45) is 2.66. The number of amides is 2. The molecule has 30 heavy (non-hydrogen) atoms. The van der Waals surface area contributed by atoms with E-state index in [9.17, 15) is 9.59 Å². The normalized spacial score (nSPS) is 16.0. The van der Waals surface area contributed by atoms with Crippen LogP contribution in [0.25, 0.3) is 6.08 Å². The van der Waals surface area contributed by atoms with Crippen LogP contribution in [0.1, 0.15) is 36.2 Å². The van der Waals surface area contributed by atoms with E-state index in [1.165, 1.54) is 0 Å². The van der Waals surface area contributed by atoms with Crippen LogP contribution in [0.2, 0.25) is 0 Å². The zero-order valence-electron chi connectivity index (χ0n) is 16.9. The van der Waals surface area contributed by atoms with Gasteiger partial charge in [-0.15, -0.1) is 0 Å². The minimum atomic E-state index is -0.435. The molecule has 1 heterocycles. The number of nitrogens with one attached hydrogen (secondary N) is 1. The molecule has 0 aromatic heterocycles. The van der Waals surface area contributed by atoms with Gasteiger partial charge in [0.15, 0.2) is 4.32 Å². The van der Waals surface area contributed by atoms with Crippen LogP contribution in [-0.2, 0) is 4.79 Å². The van der Waals surface area contributed by atoms with Gasteiger partial charge in [0.25, 0.3) is 11.8 Å². The molecule has 2 amide bonds. The molecule has 0 bridgehead atoms. The Labute approximate surface area is 185 Å². The van der Waals surface area contributed by atoms with Gasteiger partial charge in [0, 0.05) is 11.1 Å². The minimum absolute atomic E-state index is 0.0536. The first-order chi connectivity index (χ1) is 14.4. The van der Waals surface area contributed by atoms with Gasteiger partial charge >= 0.3 is 0 Å². The van der Waals surface area contributed by atoms with Crippen molar-refractivity contribution in [2.45, 2.75) is 26.4 Å². The van der Waals surface area contributed by atoms with E-state index in [1.807, 2.05) is 38.1 Å². The van der Waals surface area contributed by atoms with Crippen LogP contribution < -0.4 is 14.9 Å². The molecule has 0 spiro atoms. The molecular formula is C22H22N2O4S2. The fourth-order valence-electron chi connectivity index (χ4n) is 2.62. The Hall–Kier alpha value is -2.84. The highest BCUT2D eigenvalue weighted by Crippen LogP contribution is 2.33.